The lowest BCUT2D eigenvalue weighted by Gasteiger charge is -2.17. The van der Waals surface area contributed by atoms with Gasteiger partial charge < -0.3 is 5.32 Å². The van der Waals surface area contributed by atoms with Crippen LogP contribution in [-0.4, -0.2) is 15.7 Å². The molecule has 150 valence electrons. The van der Waals surface area contributed by atoms with Crippen LogP contribution in [0.5, 0.6) is 0 Å². The molecular formula is C25H22BrN3O. The van der Waals surface area contributed by atoms with Crippen molar-refractivity contribution in [3.63, 3.8) is 0 Å². The van der Waals surface area contributed by atoms with E-state index in [0.717, 1.165) is 21.2 Å². The Morgan fingerprint density at radius 2 is 1.50 bits per heavy atom. The molecule has 5 heteroatoms. The van der Waals surface area contributed by atoms with Gasteiger partial charge in [-0.05, 0) is 39.5 Å². The molecule has 0 saturated carbocycles. The van der Waals surface area contributed by atoms with Crippen LogP contribution in [-0.2, 0) is 11.3 Å². The summed E-state index contributed by atoms with van der Waals surface area (Å²) >= 11 is 3.53. The molecule has 1 amide bonds. The largest absolute Gasteiger partial charge is 0.307 e. The zero-order valence-corrected chi connectivity index (χ0v) is 18.2. The topological polar surface area (TPSA) is 46.9 Å². The Morgan fingerprint density at radius 1 is 0.933 bits per heavy atom. The average Bonchev–Trinajstić information content (AvgIpc) is 3.10. The van der Waals surface area contributed by atoms with E-state index in [1.165, 1.54) is 5.56 Å². The Kier molecular flexibility index (Phi) is 6.10. The molecule has 0 bridgehead atoms. The van der Waals surface area contributed by atoms with Crippen LogP contribution < -0.4 is 5.32 Å². The summed E-state index contributed by atoms with van der Waals surface area (Å²) in [6.07, 6.45) is 1.88. The first-order valence-corrected chi connectivity index (χ1v) is 10.6. The van der Waals surface area contributed by atoms with E-state index in [1.807, 2.05) is 71.5 Å². The van der Waals surface area contributed by atoms with Gasteiger partial charge in [0.25, 0.3) is 0 Å². The Morgan fingerprint density at radius 3 is 2.07 bits per heavy atom. The number of rotatable bonds is 6. The van der Waals surface area contributed by atoms with Crippen molar-refractivity contribution in [2.75, 3.05) is 5.32 Å². The molecule has 0 saturated heterocycles. The lowest BCUT2D eigenvalue weighted by molar-refractivity contribution is -0.116. The van der Waals surface area contributed by atoms with Gasteiger partial charge in [0.15, 0.2) is 5.82 Å². The van der Waals surface area contributed by atoms with Gasteiger partial charge in [-0.15, -0.1) is 0 Å². The molecule has 4 nitrogen and oxygen atoms in total. The van der Waals surface area contributed by atoms with Gasteiger partial charge >= 0.3 is 0 Å². The molecule has 1 N–H and O–H groups in total. The molecule has 0 unspecified atom stereocenters. The van der Waals surface area contributed by atoms with Crippen molar-refractivity contribution >= 4 is 27.7 Å². The zero-order valence-electron chi connectivity index (χ0n) is 16.6. The van der Waals surface area contributed by atoms with Gasteiger partial charge in [0.2, 0.25) is 5.91 Å². The molecule has 1 heterocycles. The molecule has 0 atom stereocenters. The molecule has 1 aromatic heterocycles. The average molecular weight is 460 g/mol. The number of anilines is 1. The molecule has 4 aromatic rings. The highest BCUT2D eigenvalue weighted by molar-refractivity contribution is 9.10. The minimum absolute atomic E-state index is 0.117. The van der Waals surface area contributed by atoms with Gasteiger partial charge in [-0.2, -0.15) is 5.10 Å². The Labute approximate surface area is 184 Å². The van der Waals surface area contributed by atoms with Crippen molar-refractivity contribution in [2.45, 2.75) is 19.4 Å². The number of aromatic nitrogens is 2. The van der Waals surface area contributed by atoms with Crippen LogP contribution in [0.15, 0.2) is 95.6 Å². The summed E-state index contributed by atoms with van der Waals surface area (Å²) in [6, 6.07) is 27.9. The number of halogens is 1. The second kappa shape index (κ2) is 9.09. The smallest absolute Gasteiger partial charge is 0.237 e. The van der Waals surface area contributed by atoms with Crippen LogP contribution in [0.4, 0.5) is 5.82 Å². The number of benzene rings is 3. The molecular weight excluding hydrogens is 438 g/mol. The lowest BCUT2D eigenvalue weighted by atomic mass is 9.90. The summed E-state index contributed by atoms with van der Waals surface area (Å²) in [5.74, 6) is -0.0146. The van der Waals surface area contributed by atoms with Gasteiger partial charge in [-0.1, -0.05) is 90.5 Å². The number of hydrogen-bond acceptors (Lipinski definition) is 2. The van der Waals surface area contributed by atoms with Gasteiger partial charge in [0, 0.05) is 6.20 Å². The number of carbonyl (C=O) groups excluding carboxylic acids is 1. The third kappa shape index (κ3) is 4.69. The second-order valence-corrected chi connectivity index (χ2v) is 8.11. The minimum atomic E-state index is -0.415. The summed E-state index contributed by atoms with van der Waals surface area (Å²) in [5.41, 5.74) is 4.26. The fourth-order valence-corrected chi connectivity index (χ4v) is 3.83. The van der Waals surface area contributed by atoms with E-state index in [-0.39, 0.29) is 5.91 Å². The maximum atomic E-state index is 13.3. The number of nitrogens with one attached hydrogen (secondary N) is 1. The molecule has 4 rings (SSSR count). The van der Waals surface area contributed by atoms with Crippen LogP contribution >= 0.6 is 15.9 Å². The van der Waals surface area contributed by atoms with E-state index in [0.29, 0.717) is 12.4 Å². The summed E-state index contributed by atoms with van der Waals surface area (Å²) in [4.78, 5) is 13.3. The van der Waals surface area contributed by atoms with E-state index in [1.54, 1.807) is 0 Å². The van der Waals surface area contributed by atoms with Crippen LogP contribution in [0.2, 0.25) is 0 Å². The van der Waals surface area contributed by atoms with Crippen molar-refractivity contribution in [1.29, 1.82) is 0 Å². The van der Waals surface area contributed by atoms with E-state index in [9.17, 15) is 4.79 Å². The number of aryl methyl sites for hydroxylation is 1. The summed E-state index contributed by atoms with van der Waals surface area (Å²) in [7, 11) is 0. The van der Waals surface area contributed by atoms with Gasteiger partial charge in [-0.25, -0.2) is 0 Å². The number of hydrogen-bond donors (Lipinski definition) is 1. The quantitative estimate of drug-likeness (QED) is 0.397. The molecule has 0 spiro atoms. The highest BCUT2D eigenvalue weighted by atomic mass is 79.9. The van der Waals surface area contributed by atoms with E-state index in [2.05, 4.69) is 57.5 Å². The normalized spacial score (nSPS) is 10.9. The maximum Gasteiger partial charge on any atom is 0.237 e. The molecule has 0 radical (unpaired) electrons. The van der Waals surface area contributed by atoms with Crippen LogP contribution in [0.25, 0.3) is 0 Å². The van der Waals surface area contributed by atoms with E-state index >= 15 is 0 Å². The highest BCUT2D eigenvalue weighted by Gasteiger charge is 2.24. The monoisotopic (exact) mass is 459 g/mol. The van der Waals surface area contributed by atoms with Gasteiger partial charge in [0.1, 0.15) is 0 Å². The molecule has 30 heavy (non-hydrogen) atoms. The standard InChI is InChI=1S/C25H22BrN3O/c1-18-12-14-19(15-13-18)16-29-17-22(26)24(28-29)27-25(30)23(20-8-4-2-5-9-20)21-10-6-3-7-11-21/h2-15,17,23H,16H2,1H3,(H,27,28,30). The first-order valence-electron chi connectivity index (χ1n) is 9.79. The summed E-state index contributed by atoms with van der Waals surface area (Å²) in [6.45, 7) is 2.70. The third-order valence-electron chi connectivity index (χ3n) is 4.95. The third-order valence-corrected chi connectivity index (χ3v) is 5.53. The van der Waals surface area contributed by atoms with E-state index in [4.69, 9.17) is 0 Å². The van der Waals surface area contributed by atoms with Crippen LogP contribution in [0.1, 0.15) is 28.2 Å². The molecule has 0 aliphatic carbocycles. The predicted molar refractivity (Wildman–Crippen MR) is 124 cm³/mol. The predicted octanol–water partition coefficient (Wildman–Crippen LogP) is 5.77. The second-order valence-electron chi connectivity index (χ2n) is 7.25. The van der Waals surface area contributed by atoms with Crippen molar-refractivity contribution in [1.82, 2.24) is 9.78 Å². The van der Waals surface area contributed by atoms with Gasteiger partial charge in [-0.3, -0.25) is 9.48 Å². The number of carbonyl (C=O) groups is 1. The Hall–Kier alpha value is -3.18. The molecule has 0 fully saturated rings. The number of amides is 1. The molecule has 0 aliphatic rings. The Balaban J connectivity index is 1.57. The highest BCUT2D eigenvalue weighted by Crippen LogP contribution is 2.28. The molecule has 0 aliphatic heterocycles. The van der Waals surface area contributed by atoms with Crippen molar-refractivity contribution in [2.24, 2.45) is 0 Å². The fourth-order valence-electron chi connectivity index (χ4n) is 3.42. The number of nitrogens with zero attached hydrogens (tertiary/aromatic N) is 2. The maximum absolute atomic E-state index is 13.3. The van der Waals surface area contributed by atoms with Gasteiger partial charge in [0.05, 0.1) is 16.9 Å². The first-order chi connectivity index (χ1) is 14.6. The lowest BCUT2D eigenvalue weighted by Crippen LogP contribution is -2.22. The van der Waals surface area contributed by atoms with Crippen LogP contribution in [0, 0.1) is 6.92 Å². The fraction of sp³-hybridized carbons (Fsp3) is 0.120. The summed E-state index contributed by atoms with van der Waals surface area (Å²) < 4.78 is 2.58. The van der Waals surface area contributed by atoms with Crippen molar-refractivity contribution in [3.05, 3.63) is 118 Å². The van der Waals surface area contributed by atoms with Crippen LogP contribution in [0.3, 0.4) is 0 Å². The van der Waals surface area contributed by atoms with Crippen molar-refractivity contribution in [3.8, 4) is 0 Å². The first kappa shape index (κ1) is 20.1. The van der Waals surface area contributed by atoms with E-state index < -0.39 is 5.92 Å². The minimum Gasteiger partial charge on any atom is -0.307 e. The molecule has 3 aromatic carbocycles. The van der Waals surface area contributed by atoms with Crippen molar-refractivity contribution < 1.29 is 4.79 Å². The summed E-state index contributed by atoms with van der Waals surface area (Å²) in [5, 5.41) is 7.58. The SMILES string of the molecule is Cc1ccc(Cn2cc(Br)c(NC(=O)C(c3ccccc3)c3ccccc3)n2)cc1. The Bertz CT molecular complexity index is 1080. The zero-order chi connectivity index (χ0) is 20.9.